The first-order valence-corrected chi connectivity index (χ1v) is 11.3. The van der Waals surface area contributed by atoms with E-state index in [0.29, 0.717) is 24.5 Å². The number of nitrogens with one attached hydrogen (secondary N) is 3. The van der Waals surface area contributed by atoms with Gasteiger partial charge in [-0.2, -0.15) is 0 Å². The third-order valence-corrected chi connectivity index (χ3v) is 6.43. The molecule has 2 aromatic carbocycles. The lowest BCUT2D eigenvalue weighted by Gasteiger charge is -2.18. The molecule has 33 heavy (non-hydrogen) atoms. The number of anilines is 2. The number of carbonyl (C=O) groups excluding carboxylic acids is 1. The summed E-state index contributed by atoms with van der Waals surface area (Å²) in [5, 5.41) is 3.39. The van der Waals surface area contributed by atoms with Gasteiger partial charge in [-0.1, -0.05) is 30.3 Å². The van der Waals surface area contributed by atoms with Crippen LogP contribution in [-0.2, 0) is 16.6 Å². The maximum Gasteiger partial charge on any atom is 0.261 e. The van der Waals surface area contributed by atoms with E-state index in [-0.39, 0.29) is 11.5 Å². The van der Waals surface area contributed by atoms with Gasteiger partial charge in [0, 0.05) is 19.3 Å². The van der Waals surface area contributed by atoms with Gasteiger partial charge >= 0.3 is 0 Å². The number of amides is 1. The number of rotatable bonds is 6. The van der Waals surface area contributed by atoms with Crippen LogP contribution >= 0.6 is 0 Å². The van der Waals surface area contributed by atoms with Crippen molar-refractivity contribution < 1.29 is 4.79 Å². The number of hydrogen-bond donors (Lipinski definition) is 3. The van der Waals surface area contributed by atoms with Crippen molar-refractivity contribution in [3.8, 4) is 11.4 Å². The van der Waals surface area contributed by atoms with E-state index in [1.165, 1.54) is 5.56 Å². The summed E-state index contributed by atoms with van der Waals surface area (Å²) in [4.78, 5) is 38.2. The Morgan fingerprint density at radius 3 is 2.64 bits per heavy atom. The number of pyridine rings is 1. The third-order valence-electron chi connectivity index (χ3n) is 6.43. The van der Waals surface area contributed by atoms with Crippen molar-refractivity contribution >= 4 is 28.3 Å². The van der Waals surface area contributed by atoms with Gasteiger partial charge in [-0.25, -0.2) is 4.98 Å². The van der Waals surface area contributed by atoms with Crippen LogP contribution in [0.3, 0.4) is 0 Å². The molecule has 4 aromatic rings. The Morgan fingerprint density at radius 2 is 1.88 bits per heavy atom. The Hall–Kier alpha value is -3.87. The van der Waals surface area contributed by atoms with Gasteiger partial charge in [0.15, 0.2) is 0 Å². The zero-order valence-corrected chi connectivity index (χ0v) is 19.0. The zero-order chi connectivity index (χ0) is 23.2. The predicted molar refractivity (Wildman–Crippen MR) is 132 cm³/mol. The van der Waals surface area contributed by atoms with Gasteiger partial charge in [0.1, 0.15) is 11.4 Å². The SMILES string of the molecule is CCN1C(=O)C(C)(C)c2cc3[nH]c(-c4c(NCCc5ccccc5)cc[nH]c4=O)nc3cc21. The summed E-state index contributed by atoms with van der Waals surface area (Å²) in [7, 11) is 0. The van der Waals surface area contributed by atoms with Gasteiger partial charge in [-0.05, 0) is 56.5 Å². The number of nitrogens with zero attached hydrogens (tertiary/aromatic N) is 2. The number of carbonyl (C=O) groups is 1. The van der Waals surface area contributed by atoms with Crippen molar-refractivity contribution in [1.82, 2.24) is 15.0 Å². The largest absolute Gasteiger partial charge is 0.384 e. The Morgan fingerprint density at radius 1 is 1.09 bits per heavy atom. The Labute approximate surface area is 191 Å². The van der Waals surface area contributed by atoms with E-state index in [2.05, 4.69) is 27.4 Å². The van der Waals surface area contributed by atoms with E-state index in [1.807, 2.05) is 57.2 Å². The lowest BCUT2D eigenvalue weighted by molar-refractivity contribution is -0.122. The summed E-state index contributed by atoms with van der Waals surface area (Å²) in [6.45, 7) is 7.16. The second-order valence-electron chi connectivity index (χ2n) is 8.90. The molecule has 0 atom stereocenters. The average molecular weight is 442 g/mol. The van der Waals surface area contributed by atoms with Crippen molar-refractivity contribution in [3.63, 3.8) is 0 Å². The highest BCUT2D eigenvalue weighted by Gasteiger charge is 2.43. The van der Waals surface area contributed by atoms with E-state index in [9.17, 15) is 9.59 Å². The Kier molecular flexibility index (Phi) is 5.04. The monoisotopic (exact) mass is 441 g/mol. The number of hydrogen-bond acceptors (Lipinski definition) is 4. The first-order valence-electron chi connectivity index (χ1n) is 11.3. The molecule has 0 bridgehead atoms. The first kappa shape index (κ1) is 21.0. The van der Waals surface area contributed by atoms with Crippen molar-refractivity contribution in [2.24, 2.45) is 0 Å². The van der Waals surface area contributed by atoms with Crippen molar-refractivity contribution in [2.75, 3.05) is 23.3 Å². The molecule has 0 unspecified atom stereocenters. The Bertz CT molecular complexity index is 1400. The number of fused-ring (bicyclic) bond motifs is 2. The van der Waals surface area contributed by atoms with E-state index in [0.717, 1.165) is 34.4 Å². The topological polar surface area (TPSA) is 93.9 Å². The minimum absolute atomic E-state index is 0.0947. The zero-order valence-electron chi connectivity index (χ0n) is 19.0. The van der Waals surface area contributed by atoms with Gasteiger partial charge < -0.3 is 20.2 Å². The molecule has 1 aliphatic rings. The van der Waals surface area contributed by atoms with E-state index in [1.54, 1.807) is 11.1 Å². The second kappa shape index (κ2) is 7.92. The van der Waals surface area contributed by atoms with Crippen LogP contribution in [0.15, 0.2) is 59.5 Å². The number of H-pyrrole nitrogens is 2. The summed E-state index contributed by atoms with van der Waals surface area (Å²) < 4.78 is 0. The minimum Gasteiger partial charge on any atom is -0.384 e. The molecular formula is C26H27N5O2. The quantitative estimate of drug-likeness (QED) is 0.418. The number of aromatic nitrogens is 3. The van der Waals surface area contributed by atoms with Crippen LogP contribution in [0.5, 0.6) is 0 Å². The standard InChI is InChI=1S/C26H27N5O2/c1-4-31-21-15-20-19(14-17(21)26(2,3)25(31)33)29-23(30-20)22-18(11-13-28-24(22)32)27-12-10-16-8-6-5-7-9-16/h5-9,11,13-15H,4,10,12H2,1-3H3,(H,29,30)(H2,27,28,32). The maximum absolute atomic E-state index is 12.8. The fourth-order valence-corrected chi connectivity index (χ4v) is 4.61. The summed E-state index contributed by atoms with van der Waals surface area (Å²) >= 11 is 0. The summed E-state index contributed by atoms with van der Waals surface area (Å²) in [6, 6.07) is 16.0. The van der Waals surface area contributed by atoms with E-state index in [4.69, 9.17) is 4.98 Å². The fourth-order valence-electron chi connectivity index (χ4n) is 4.61. The smallest absolute Gasteiger partial charge is 0.261 e. The first-order chi connectivity index (χ1) is 15.9. The molecule has 1 aliphatic heterocycles. The van der Waals surface area contributed by atoms with Crippen LogP contribution in [0.1, 0.15) is 31.9 Å². The molecule has 7 nitrogen and oxygen atoms in total. The van der Waals surface area contributed by atoms with Crippen molar-refractivity contribution in [3.05, 3.63) is 76.2 Å². The molecule has 0 saturated heterocycles. The molecule has 0 aliphatic carbocycles. The van der Waals surface area contributed by atoms with Crippen LogP contribution in [0.2, 0.25) is 0 Å². The molecule has 0 fully saturated rings. The fraction of sp³-hybridized carbons (Fsp3) is 0.269. The minimum atomic E-state index is -0.598. The highest BCUT2D eigenvalue weighted by molar-refractivity contribution is 6.09. The van der Waals surface area contributed by atoms with Gasteiger partial charge in [0.25, 0.3) is 5.56 Å². The normalized spacial score (nSPS) is 14.6. The molecule has 0 spiro atoms. The molecule has 1 amide bonds. The molecule has 2 aromatic heterocycles. The summed E-state index contributed by atoms with van der Waals surface area (Å²) in [5.74, 6) is 0.599. The predicted octanol–water partition coefficient (Wildman–Crippen LogP) is 4.22. The van der Waals surface area contributed by atoms with Gasteiger partial charge in [-0.3, -0.25) is 9.59 Å². The maximum atomic E-state index is 12.8. The Balaban J connectivity index is 1.51. The average Bonchev–Trinajstić information content (AvgIpc) is 3.29. The molecule has 5 rings (SSSR count). The second-order valence-corrected chi connectivity index (χ2v) is 8.90. The molecular weight excluding hydrogens is 414 g/mol. The highest BCUT2D eigenvalue weighted by Crippen LogP contribution is 2.43. The van der Waals surface area contributed by atoms with Crippen molar-refractivity contribution in [2.45, 2.75) is 32.6 Å². The van der Waals surface area contributed by atoms with Crippen LogP contribution < -0.4 is 15.8 Å². The highest BCUT2D eigenvalue weighted by atomic mass is 16.2. The van der Waals surface area contributed by atoms with E-state index < -0.39 is 5.41 Å². The number of imidazole rings is 1. The summed E-state index contributed by atoms with van der Waals surface area (Å²) in [6.07, 6.45) is 2.48. The lowest BCUT2D eigenvalue weighted by Crippen LogP contribution is -2.35. The molecule has 3 N–H and O–H groups in total. The molecule has 0 radical (unpaired) electrons. The number of aromatic amines is 2. The number of likely N-dealkylation sites (N-methyl/N-ethyl adjacent to an activating group) is 1. The number of benzene rings is 2. The van der Waals surface area contributed by atoms with E-state index >= 15 is 0 Å². The molecule has 3 heterocycles. The molecule has 0 saturated carbocycles. The third kappa shape index (κ3) is 3.50. The van der Waals surface area contributed by atoms with Crippen LogP contribution in [0, 0.1) is 0 Å². The van der Waals surface area contributed by atoms with Crippen LogP contribution in [0.25, 0.3) is 22.4 Å². The summed E-state index contributed by atoms with van der Waals surface area (Å²) in [5.41, 5.74) is 5.02. The van der Waals surface area contributed by atoms with Crippen LogP contribution in [0.4, 0.5) is 11.4 Å². The molecule has 168 valence electrons. The van der Waals surface area contributed by atoms with Gasteiger partial charge in [0.05, 0.1) is 27.8 Å². The lowest BCUT2D eigenvalue weighted by atomic mass is 9.86. The molecule has 7 heteroatoms. The van der Waals surface area contributed by atoms with Crippen molar-refractivity contribution in [1.29, 1.82) is 0 Å². The van der Waals surface area contributed by atoms with Gasteiger partial charge in [-0.15, -0.1) is 0 Å². The van der Waals surface area contributed by atoms with Crippen LogP contribution in [-0.4, -0.2) is 33.9 Å². The van der Waals surface area contributed by atoms with Gasteiger partial charge in [0.2, 0.25) is 5.91 Å².